The smallest absolute Gasteiger partial charge is 0.123 e. The van der Waals surface area contributed by atoms with Crippen LogP contribution in [-0.2, 0) is 13.6 Å². The molecular formula is C15H19ClN4. The summed E-state index contributed by atoms with van der Waals surface area (Å²) in [5.74, 6) is 1.02. The van der Waals surface area contributed by atoms with Gasteiger partial charge in [0, 0.05) is 18.6 Å². The summed E-state index contributed by atoms with van der Waals surface area (Å²) in [4.78, 5) is 6.88. The average Bonchev–Trinajstić information content (AvgIpc) is 2.73. The molecule has 0 N–H and O–H groups in total. The molecule has 0 saturated heterocycles. The number of nitrogens with zero attached hydrogens (tertiary/aromatic N) is 4. The van der Waals surface area contributed by atoms with E-state index in [0.717, 1.165) is 36.5 Å². The second-order valence-corrected chi connectivity index (χ2v) is 5.51. The molecule has 0 aliphatic carbocycles. The third-order valence-electron chi connectivity index (χ3n) is 3.50. The van der Waals surface area contributed by atoms with E-state index >= 15 is 0 Å². The third kappa shape index (κ3) is 3.12. The van der Waals surface area contributed by atoms with Crippen molar-refractivity contribution in [2.45, 2.75) is 20.4 Å². The number of imidazole rings is 1. The first-order valence-electron chi connectivity index (χ1n) is 6.78. The second kappa shape index (κ2) is 6.25. The number of aryl methyl sites for hydroxylation is 1. The van der Waals surface area contributed by atoms with Gasteiger partial charge in [0.15, 0.2) is 0 Å². The van der Waals surface area contributed by atoms with Gasteiger partial charge in [-0.05, 0) is 31.7 Å². The van der Waals surface area contributed by atoms with E-state index < -0.39 is 0 Å². The molecule has 0 radical (unpaired) electrons. The van der Waals surface area contributed by atoms with Gasteiger partial charge in [-0.15, -0.1) is 0 Å². The van der Waals surface area contributed by atoms with E-state index in [0.29, 0.717) is 5.02 Å². The van der Waals surface area contributed by atoms with Gasteiger partial charge in [-0.25, -0.2) is 4.98 Å². The highest BCUT2D eigenvalue weighted by Crippen LogP contribution is 2.20. The summed E-state index contributed by atoms with van der Waals surface area (Å²) in [6.07, 6.45) is 0. The Morgan fingerprint density at radius 2 is 2.25 bits per heavy atom. The van der Waals surface area contributed by atoms with E-state index in [1.54, 1.807) is 0 Å². The summed E-state index contributed by atoms with van der Waals surface area (Å²) in [7, 11) is 2.01. The van der Waals surface area contributed by atoms with Gasteiger partial charge in [0.25, 0.3) is 0 Å². The minimum atomic E-state index is 0.0269. The zero-order valence-electron chi connectivity index (χ0n) is 12.1. The fraction of sp³-hybridized carbons (Fsp3) is 0.467. The molecule has 0 fully saturated rings. The van der Waals surface area contributed by atoms with Gasteiger partial charge >= 0.3 is 0 Å². The molecule has 1 aromatic carbocycles. The van der Waals surface area contributed by atoms with Crippen molar-refractivity contribution in [2.24, 2.45) is 13.0 Å². The summed E-state index contributed by atoms with van der Waals surface area (Å²) < 4.78 is 2.09. The lowest BCUT2D eigenvalue weighted by Gasteiger charge is -2.20. The van der Waals surface area contributed by atoms with Gasteiger partial charge < -0.3 is 4.57 Å². The van der Waals surface area contributed by atoms with Gasteiger partial charge in [-0.1, -0.05) is 18.5 Å². The number of nitriles is 1. The van der Waals surface area contributed by atoms with Crippen LogP contribution < -0.4 is 0 Å². The summed E-state index contributed by atoms with van der Waals surface area (Å²) in [6.45, 7) is 6.44. The zero-order chi connectivity index (χ0) is 14.7. The van der Waals surface area contributed by atoms with Crippen LogP contribution in [0, 0.1) is 17.2 Å². The van der Waals surface area contributed by atoms with Crippen LogP contribution >= 0.6 is 11.6 Å². The van der Waals surface area contributed by atoms with E-state index in [9.17, 15) is 0 Å². The van der Waals surface area contributed by atoms with Crippen LogP contribution in [0.5, 0.6) is 0 Å². The molecule has 106 valence electrons. The number of rotatable bonds is 5. The molecule has 5 heteroatoms. The van der Waals surface area contributed by atoms with Crippen LogP contribution in [0.3, 0.4) is 0 Å². The van der Waals surface area contributed by atoms with Crippen molar-refractivity contribution < 1.29 is 0 Å². The maximum absolute atomic E-state index is 8.93. The van der Waals surface area contributed by atoms with Gasteiger partial charge in [-0.2, -0.15) is 5.26 Å². The SMILES string of the molecule is CCN(Cc1nc2cc(Cl)ccc2n1C)CC(C)C#N. The predicted molar refractivity (Wildman–Crippen MR) is 81.5 cm³/mol. The largest absolute Gasteiger partial charge is 0.330 e. The van der Waals surface area contributed by atoms with Gasteiger partial charge in [0.2, 0.25) is 0 Å². The molecule has 1 heterocycles. The Morgan fingerprint density at radius 3 is 2.90 bits per heavy atom. The van der Waals surface area contributed by atoms with Crippen LogP contribution in [0.2, 0.25) is 5.02 Å². The van der Waals surface area contributed by atoms with Gasteiger partial charge in [0.05, 0.1) is 29.6 Å². The Labute approximate surface area is 124 Å². The molecule has 2 rings (SSSR count). The molecule has 1 aromatic heterocycles. The molecule has 20 heavy (non-hydrogen) atoms. The normalized spacial score (nSPS) is 12.8. The molecule has 1 unspecified atom stereocenters. The first kappa shape index (κ1) is 14.8. The fourth-order valence-electron chi connectivity index (χ4n) is 2.30. The Hall–Kier alpha value is -1.57. The van der Waals surface area contributed by atoms with Crippen molar-refractivity contribution in [1.29, 1.82) is 5.26 Å². The Morgan fingerprint density at radius 1 is 1.50 bits per heavy atom. The van der Waals surface area contributed by atoms with Crippen molar-refractivity contribution >= 4 is 22.6 Å². The topological polar surface area (TPSA) is 44.9 Å². The van der Waals surface area contributed by atoms with Crippen molar-refractivity contribution in [2.75, 3.05) is 13.1 Å². The van der Waals surface area contributed by atoms with Gasteiger partial charge in [0.1, 0.15) is 5.82 Å². The summed E-state index contributed by atoms with van der Waals surface area (Å²) >= 11 is 6.01. The fourth-order valence-corrected chi connectivity index (χ4v) is 2.46. The molecule has 0 aliphatic rings. The van der Waals surface area contributed by atoms with Crippen LogP contribution in [0.15, 0.2) is 18.2 Å². The molecular weight excluding hydrogens is 272 g/mol. The highest BCUT2D eigenvalue weighted by Gasteiger charge is 2.13. The number of aromatic nitrogens is 2. The first-order valence-corrected chi connectivity index (χ1v) is 7.15. The molecule has 1 atom stereocenters. The van der Waals surface area contributed by atoms with Crippen molar-refractivity contribution in [1.82, 2.24) is 14.5 Å². The zero-order valence-corrected chi connectivity index (χ0v) is 12.9. The standard InChI is InChI=1S/C15H19ClN4/c1-4-20(9-11(2)8-17)10-15-18-13-7-12(16)5-6-14(13)19(15)3/h5-7,11H,4,9-10H2,1-3H3. The van der Waals surface area contributed by atoms with Crippen LogP contribution in [-0.4, -0.2) is 27.5 Å². The lowest BCUT2D eigenvalue weighted by atomic mass is 10.2. The lowest BCUT2D eigenvalue weighted by molar-refractivity contribution is 0.252. The minimum Gasteiger partial charge on any atom is -0.330 e. The lowest BCUT2D eigenvalue weighted by Crippen LogP contribution is -2.28. The van der Waals surface area contributed by atoms with Crippen molar-refractivity contribution in [3.63, 3.8) is 0 Å². The first-order chi connectivity index (χ1) is 9.55. The Balaban J connectivity index is 2.24. The van der Waals surface area contributed by atoms with E-state index in [2.05, 4.69) is 27.4 Å². The number of fused-ring (bicyclic) bond motifs is 1. The van der Waals surface area contributed by atoms with Crippen molar-refractivity contribution in [3.8, 4) is 6.07 Å². The molecule has 0 aliphatic heterocycles. The number of halogens is 1. The molecule has 0 amide bonds. The predicted octanol–water partition coefficient (Wildman–Crippen LogP) is 3.21. The third-order valence-corrected chi connectivity index (χ3v) is 3.74. The minimum absolute atomic E-state index is 0.0269. The van der Waals surface area contributed by atoms with Crippen LogP contribution in [0.1, 0.15) is 19.7 Å². The molecule has 2 aromatic rings. The molecule has 0 saturated carbocycles. The highest BCUT2D eigenvalue weighted by molar-refractivity contribution is 6.31. The van der Waals surface area contributed by atoms with Crippen LogP contribution in [0.4, 0.5) is 0 Å². The Bertz CT molecular complexity index is 641. The van der Waals surface area contributed by atoms with E-state index in [-0.39, 0.29) is 5.92 Å². The highest BCUT2D eigenvalue weighted by atomic mass is 35.5. The van der Waals surface area contributed by atoms with E-state index in [4.69, 9.17) is 16.9 Å². The molecule has 0 spiro atoms. The maximum atomic E-state index is 8.93. The summed E-state index contributed by atoms with van der Waals surface area (Å²) in [5.41, 5.74) is 1.99. The summed E-state index contributed by atoms with van der Waals surface area (Å²) in [6, 6.07) is 8.03. The number of hydrogen-bond acceptors (Lipinski definition) is 3. The van der Waals surface area contributed by atoms with E-state index in [1.165, 1.54) is 0 Å². The van der Waals surface area contributed by atoms with Crippen molar-refractivity contribution in [3.05, 3.63) is 29.0 Å². The van der Waals surface area contributed by atoms with Crippen LogP contribution in [0.25, 0.3) is 11.0 Å². The van der Waals surface area contributed by atoms with Gasteiger partial charge in [-0.3, -0.25) is 4.90 Å². The number of hydrogen-bond donors (Lipinski definition) is 0. The molecule has 0 bridgehead atoms. The summed E-state index contributed by atoms with van der Waals surface area (Å²) in [5, 5.41) is 9.63. The van der Waals surface area contributed by atoms with E-state index in [1.807, 2.05) is 32.2 Å². The maximum Gasteiger partial charge on any atom is 0.123 e. The second-order valence-electron chi connectivity index (χ2n) is 5.08. The monoisotopic (exact) mass is 290 g/mol. The quantitative estimate of drug-likeness (QED) is 0.849. The number of benzene rings is 1. The Kier molecular flexibility index (Phi) is 4.64. The average molecular weight is 291 g/mol. The molecule has 4 nitrogen and oxygen atoms in total.